The number of carbonyl (C=O) groups is 1. The van der Waals surface area contributed by atoms with Crippen LogP contribution in [-0.4, -0.2) is 44.9 Å². The van der Waals surface area contributed by atoms with Crippen molar-refractivity contribution >= 4 is 34.0 Å². The minimum atomic E-state index is -4.12. The standard InChI is InChI=1S/C18H19F2N3O3S.ClH/c1-12-11-21-7-8-23(12)18(24)13-3-2-4-14(9-13)22-27(25,26)15-5-6-16(19)17(20)10-15;/h2-6,9-10,12,21-22H,7-8,11H2,1H3;1H. The molecule has 1 unspecified atom stereocenters. The number of nitrogens with one attached hydrogen (secondary N) is 2. The first-order valence-corrected chi connectivity index (χ1v) is 9.86. The van der Waals surface area contributed by atoms with E-state index in [-0.39, 0.29) is 30.0 Å². The van der Waals surface area contributed by atoms with Crippen LogP contribution >= 0.6 is 12.4 Å². The third kappa shape index (κ3) is 4.78. The second-order valence-corrected chi connectivity index (χ2v) is 8.00. The third-order valence-electron chi connectivity index (χ3n) is 4.33. The zero-order chi connectivity index (χ0) is 19.6. The van der Waals surface area contributed by atoms with Crippen LogP contribution in [0.3, 0.4) is 0 Å². The lowest BCUT2D eigenvalue weighted by atomic mass is 10.1. The van der Waals surface area contributed by atoms with Gasteiger partial charge in [-0.3, -0.25) is 9.52 Å². The first-order valence-electron chi connectivity index (χ1n) is 8.37. The molecule has 6 nitrogen and oxygen atoms in total. The van der Waals surface area contributed by atoms with Crippen LogP contribution in [-0.2, 0) is 10.0 Å². The van der Waals surface area contributed by atoms with Gasteiger partial charge in [-0.15, -0.1) is 12.4 Å². The molecule has 0 aliphatic carbocycles. The SMILES string of the molecule is CC1CNCCN1C(=O)c1cccc(NS(=O)(=O)c2ccc(F)c(F)c2)c1.Cl. The maximum Gasteiger partial charge on any atom is 0.261 e. The number of amides is 1. The Kier molecular flexibility index (Phi) is 6.97. The minimum Gasteiger partial charge on any atom is -0.333 e. The summed E-state index contributed by atoms with van der Waals surface area (Å²) < 4.78 is 53.4. The molecular formula is C18H20ClF2N3O3S. The quantitative estimate of drug-likeness (QED) is 0.780. The number of hydrogen-bond donors (Lipinski definition) is 2. The van der Waals surface area contributed by atoms with Crippen molar-refractivity contribution in [2.75, 3.05) is 24.4 Å². The monoisotopic (exact) mass is 431 g/mol. The first kappa shape index (κ1) is 22.1. The summed E-state index contributed by atoms with van der Waals surface area (Å²) in [5.41, 5.74) is 0.502. The minimum absolute atomic E-state index is 0. The summed E-state index contributed by atoms with van der Waals surface area (Å²) in [6, 6.07) is 8.41. The molecule has 0 saturated carbocycles. The molecular weight excluding hydrogens is 412 g/mol. The summed E-state index contributed by atoms with van der Waals surface area (Å²) >= 11 is 0. The summed E-state index contributed by atoms with van der Waals surface area (Å²) in [6.45, 7) is 3.87. The smallest absolute Gasteiger partial charge is 0.261 e. The number of halogens is 3. The maximum atomic E-state index is 13.3. The van der Waals surface area contributed by atoms with Crippen LogP contribution in [0, 0.1) is 11.6 Å². The fraction of sp³-hybridized carbons (Fsp3) is 0.278. The van der Waals surface area contributed by atoms with Gasteiger partial charge in [0.2, 0.25) is 0 Å². The average molecular weight is 432 g/mol. The summed E-state index contributed by atoms with van der Waals surface area (Å²) in [5.74, 6) is -2.58. The van der Waals surface area contributed by atoms with E-state index >= 15 is 0 Å². The summed E-state index contributed by atoms with van der Waals surface area (Å²) in [4.78, 5) is 14.0. The zero-order valence-corrected chi connectivity index (χ0v) is 16.6. The number of carbonyl (C=O) groups excluding carboxylic acids is 1. The van der Waals surface area contributed by atoms with Crippen LogP contribution in [0.25, 0.3) is 0 Å². The van der Waals surface area contributed by atoms with Gasteiger partial charge in [0.25, 0.3) is 15.9 Å². The molecule has 1 aliphatic heterocycles. The molecule has 1 aliphatic rings. The van der Waals surface area contributed by atoms with Crippen LogP contribution < -0.4 is 10.0 Å². The van der Waals surface area contributed by atoms with Gasteiger partial charge < -0.3 is 10.2 Å². The highest BCUT2D eigenvalue weighted by Crippen LogP contribution is 2.20. The number of sulfonamides is 1. The predicted molar refractivity (Wildman–Crippen MR) is 104 cm³/mol. The van der Waals surface area contributed by atoms with Crippen molar-refractivity contribution in [3.8, 4) is 0 Å². The van der Waals surface area contributed by atoms with Crippen LogP contribution in [0.4, 0.5) is 14.5 Å². The van der Waals surface area contributed by atoms with E-state index in [2.05, 4.69) is 10.0 Å². The molecule has 2 aromatic rings. The Balaban J connectivity index is 0.00000280. The number of nitrogens with zero attached hydrogens (tertiary/aromatic N) is 1. The van der Waals surface area contributed by atoms with Crippen molar-refractivity contribution in [2.24, 2.45) is 0 Å². The molecule has 28 heavy (non-hydrogen) atoms. The Morgan fingerprint density at radius 2 is 1.93 bits per heavy atom. The maximum absolute atomic E-state index is 13.3. The van der Waals surface area contributed by atoms with Crippen LogP contribution in [0.2, 0.25) is 0 Å². The largest absolute Gasteiger partial charge is 0.333 e. The second kappa shape index (κ2) is 8.85. The van der Waals surface area contributed by atoms with E-state index in [0.717, 1.165) is 12.1 Å². The molecule has 1 atom stereocenters. The Morgan fingerprint density at radius 1 is 1.18 bits per heavy atom. The molecule has 2 N–H and O–H groups in total. The van der Waals surface area contributed by atoms with E-state index in [1.165, 1.54) is 12.1 Å². The lowest BCUT2D eigenvalue weighted by Gasteiger charge is -2.34. The van der Waals surface area contributed by atoms with Crippen molar-refractivity contribution < 1.29 is 22.0 Å². The van der Waals surface area contributed by atoms with Crippen LogP contribution in [0.5, 0.6) is 0 Å². The Labute approximate surface area is 168 Å². The molecule has 2 aromatic carbocycles. The van der Waals surface area contributed by atoms with Gasteiger partial charge >= 0.3 is 0 Å². The fourth-order valence-electron chi connectivity index (χ4n) is 2.88. The molecule has 1 amide bonds. The molecule has 1 saturated heterocycles. The summed E-state index contributed by atoms with van der Waals surface area (Å²) in [5, 5.41) is 3.20. The van der Waals surface area contributed by atoms with Gasteiger partial charge in [-0.1, -0.05) is 6.07 Å². The van der Waals surface area contributed by atoms with E-state index in [0.29, 0.717) is 31.3 Å². The van der Waals surface area contributed by atoms with Gasteiger partial charge in [-0.2, -0.15) is 0 Å². The third-order valence-corrected chi connectivity index (χ3v) is 5.70. The van der Waals surface area contributed by atoms with Crippen molar-refractivity contribution in [3.63, 3.8) is 0 Å². The van der Waals surface area contributed by atoms with E-state index in [1.807, 2.05) is 6.92 Å². The number of hydrogen-bond acceptors (Lipinski definition) is 4. The molecule has 0 radical (unpaired) electrons. The molecule has 10 heteroatoms. The number of benzene rings is 2. The van der Waals surface area contributed by atoms with Crippen molar-refractivity contribution in [2.45, 2.75) is 17.9 Å². The van der Waals surface area contributed by atoms with E-state index in [9.17, 15) is 22.0 Å². The molecule has 0 aromatic heterocycles. The van der Waals surface area contributed by atoms with Crippen LogP contribution in [0.1, 0.15) is 17.3 Å². The summed E-state index contributed by atoms with van der Waals surface area (Å²) in [6.07, 6.45) is 0. The molecule has 3 rings (SSSR count). The molecule has 0 spiro atoms. The van der Waals surface area contributed by atoms with Gasteiger partial charge in [0.1, 0.15) is 0 Å². The molecule has 1 fully saturated rings. The lowest BCUT2D eigenvalue weighted by Crippen LogP contribution is -2.52. The van der Waals surface area contributed by atoms with Gasteiger partial charge in [0.05, 0.1) is 4.90 Å². The van der Waals surface area contributed by atoms with E-state index in [4.69, 9.17) is 0 Å². The van der Waals surface area contributed by atoms with Gasteiger partial charge in [-0.25, -0.2) is 17.2 Å². The number of anilines is 1. The number of piperazine rings is 1. The molecule has 152 valence electrons. The van der Waals surface area contributed by atoms with Gasteiger partial charge in [0, 0.05) is 36.9 Å². The van der Waals surface area contributed by atoms with Gasteiger partial charge in [0.15, 0.2) is 11.6 Å². The van der Waals surface area contributed by atoms with Crippen molar-refractivity contribution in [1.29, 1.82) is 0 Å². The Morgan fingerprint density at radius 3 is 2.61 bits per heavy atom. The predicted octanol–water partition coefficient (Wildman–Crippen LogP) is 2.62. The normalized spacial score (nSPS) is 17.0. The molecule has 0 bridgehead atoms. The second-order valence-electron chi connectivity index (χ2n) is 6.31. The van der Waals surface area contributed by atoms with E-state index < -0.39 is 26.6 Å². The van der Waals surface area contributed by atoms with Crippen LogP contribution in [0.15, 0.2) is 47.4 Å². The highest BCUT2D eigenvalue weighted by Gasteiger charge is 2.24. The topological polar surface area (TPSA) is 78.5 Å². The highest BCUT2D eigenvalue weighted by atomic mass is 35.5. The summed E-state index contributed by atoms with van der Waals surface area (Å²) in [7, 11) is -4.12. The van der Waals surface area contributed by atoms with E-state index in [1.54, 1.807) is 17.0 Å². The van der Waals surface area contributed by atoms with Gasteiger partial charge in [-0.05, 0) is 43.3 Å². The number of rotatable bonds is 4. The average Bonchev–Trinajstić information content (AvgIpc) is 2.63. The Bertz CT molecular complexity index is 972. The van der Waals surface area contributed by atoms with Crippen molar-refractivity contribution in [3.05, 3.63) is 59.7 Å². The molecule has 1 heterocycles. The first-order chi connectivity index (χ1) is 12.8. The Hall–Kier alpha value is -2.23. The zero-order valence-electron chi connectivity index (χ0n) is 15.0. The fourth-order valence-corrected chi connectivity index (χ4v) is 3.94. The van der Waals surface area contributed by atoms with Crippen molar-refractivity contribution in [1.82, 2.24) is 10.2 Å². The highest BCUT2D eigenvalue weighted by molar-refractivity contribution is 7.92. The lowest BCUT2D eigenvalue weighted by molar-refractivity contribution is 0.0656.